The Morgan fingerprint density at radius 1 is 0.339 bits per heavy atom. The van der Waals surface area contributed by atoms with Crippen LogP contribution in [0, 0.1) is 0 Å². The second kappa shape index (κ2) is 51.3. The van der Waals surface area contributed by atoms with Gasteiger partial charge in [-0.3, -0.25) is 4.79 Å². The van der Waals surface area contributed by atoms with Crippen LogP contribution in [0.4, 0.5) is 0 Å². The van der Waals surface area contributed by atoms with Crippen molar-refractivity contribution >= 4 is 5.91 Å². The molecule has 0 aromatic carbocycles. The summed E-state index contributed by atoms with van der Waals surface area (Å²) in [5.74, 6) is -0.578. The Morgan fingerprint density at radius 2 is 0.548 bits per heavy atom. The van der Waals surface area contributed by atoms with Crippen LogP contribution in [0.3, 0.4) is 0 Å². The molecule has 0 radical (unpaired) electrons. The average Bonchev–Trinajstić information content (AvgIpc) is 3.28. The highest BCUT2D eigenvalue weighted by atomic mass is 16.3. The van der Waals surface area contributed by atoms with Crippen LogP contribution in [0.5, 0.6) is 0 Å². The minimum atomic E-state index is -1.25. The summed E-state index contributed by atoms with van der Waals surface area (Å²) in [5, 5.41) is 43.9. The molecule has 0 aliphatic heterocycles. The maximum Gasteiger partial charge on any atom is 0.249 e. The molecular formula is C56H113NO5. The van der Waals surface area contributed by atoms with Crippen LogP contribution in [0.2, 0.25) is 0 Å². The van der Waals surface area contributed by atoms with E-state index >= 15 is 0 Å². The summed E-state index contributed by atoms with van der Waals surface area (Å²) < 4.78 is 0. The maximum atomic E-state index is 12.5. The van der Waals surface area contributed by atoms with Crippen molar-refractivity contribution in [1.82, 2.24) is 5.32 Å². The number of carbonyl (C=O) groups is 1. The van der Waals surface area contributed by atoms with E-state index in [0.717, 1.165) is 38.5 Å². The molecule has 0 rings (SSSR count). The maximum absolute atomic E-state index is 12.5. The number of carbonyl (C=O) groups excluding carboxylic acids is 1. The van der Waals surface area contributed by atoms with Crippen molar-refractivity contribution in [1.29, 1.82) is 0 Å². The Morgan fingerprint density at radius 3 is 0.774 bits per heavy atom. The molecule has 4 unspecified atom stereocenters. The van der Waals surface area contributed by atoms with Crippen molar-refractivity contribution in [2.75, 3.05) is 6.61 Å². The third-order valence-electron chi connectivity index (χ3n) is 13.8. The predicted octanol–water partition coefficient (Wildman–Crippen LogP) is 16.3. The molecule has 0 heterocycles. The van der Waals surface area contributed by atoms with Gasteiger partial charge in [0.2, 0.25) is 5.91 Å². The van der Waals surface area contributed by atoms with Crippen LogP contribution in [0.1, 0.15) is 322 Å². The number of unbranched alkanes of at least 4 members (excludes halogenated alkanes) is 44. The number of hydrogen-bond acceptors (Lipinski definition) is 5. The zero-order valence-corrected chi connectivity index (χ0v) is 42.2. The highest BCUT2D eigenvalue weighted by molar-refractivity contribution is 5.80. The first kappa shape index (κ1) is 61.3. The Balaban J connectivity index is 3.51. The van der Waals surface area contributed by atoms with Crippen LogP contribution >= 0.6 is 0 Å². The number of rotatable bonds is 53. The third kappa shape index (κ3) is 44.5. The van der Waals surface area contributed by atoms with Crippen LogP contribution in [0.25, 0.3) is 0 Å². The van der Waals surface area contributed by atoms with Crippen molar-refractivity contribution < 1.29 is 25.2 Å². The van der Waals surface area contributed by atoms with Gasteiger partial charge in [0.05, 0.1) is 18.8 Å². The van der Waals surface area contributed by atoms with Gasteiger partial charge in [-0.05, 0) is 12.8 Å². The Hall–Kier alpha value is -0.690. The Kier molecular flexibility index (Phi) is 50.7. The number of aliphatic hydroxyl groups is 4. The molecule has 0 spiro atoms. The Bertz CT molecular complexity index is 856. The van der Waals surface area contributed by atoms with E-state index in [9.17, 15) is 25.2 Å². The second-order valence-corrected chi connectivity index (χ2v) is 20.0. The number of hydrogen-bond donors (Lipinski definition) is 5. The van der Waals surface area contributed by atoms with Gasteiger partial charge in [-0.25, -0.2) is 0 Å². The smallest absolute Gasteiger partial charge is 0.249 e. The van der Waals surface area contributed by atoms with Crippen molar-refractivity contribution in [3.63, 3.8) is 0 Å². The summed E-state index contributed by atoms with van der Waals surface area (Å²) in [6.45, 7) is 4.09. The summed E-state index contributed by atoms with van der Waals surface area (Å²) in [4.78, 5) is 12.5. The van der Waals surface area contributed by atoms with Crippen molar-refractivity contribution in [2.24, 2.45) is 0 Å². The molecule has 6 nitrogen and oxygen atoms in total. The minimum Gasteiger partial charge on any atom is -0.394 e. The average molecular weight is 881 g/mol. The summed E-state index contributed by atoms with van der Waals surface area (Å²) in [6.07, 6.45) is 59.0. The molecule has 372 valence electrons. The Labute approximate surface area is 388 Å². The van der Waals surface area contributed by atoms with Crippen LogP contribution in [-0.2, 0) is 4.79 Å². The molecule has 0 saturated heterocycles. The molecule has 0 aromatic rings. The molecule has 0 aromatic heterocycles. The second-order valence-electron chi connectivity index (χ2n) is 20.0. The number of amides is 1. The molecule has 4 atom stereocenters. The highest BCUT2D eigenvalue weighted by Gasteiger charge is 2.28. The predicted molar refractivity (Wildman–Crippen MR) is 270 cm³/mol. The van der Waals surface area contributed by atoms with Gasteiger partial charge < -0.3 is 25.7 Å². The van der Waals surface area contributed by atoms with Gasteiger partial charge in [0, 0.05) is 0 Å². The minimum absolute atomic E-state index is 0.375. The SMILES string of the molecule is CCCCCCCCCCCCCCCCCCCCCCCCCCCCCCCCCCC(O)C(O)C(CO)NC(=O)C(O)CCCCCCCCCCCCCCCC. The first-order valence-electron chi connectivity index (χ1n) is 28.4. The molecule has 1 amide bonds. The molecule has 0 fully saturated rings. The van der Waals surface area contributed by atoms with Gasteiger partial charge in [0.1, 0.15) is 12.2 Å². The van der Waals surface area contributed by atoms with E-state index < -0.39 is 36.9 Å². The monoisotopic (exact) mass is 880 g/mol. The summed E-state index contributed by atoms with van der Waals surface area (Å²) in [6, 6.07) is -0.980. The molecule has 62 heavy (non-hydrogen) atoms. The lowest BCUT2D eigenvalue weighted by Crippen LogP contribution is -2.53. The van der Waals surface area contributed by atoms with Crippen LogP contribution < -0.4 is 5.32 Å². The van der Waals surface area contributed by atoms with E-state index in [1.807, 2.05) is 0 Å². The highest BCUT2D eigenvalue weighted by Crippen LogP contribution is 2.19. The largest absolute Gasteiger partial charge is 0.394 e. The first-order valence-corrected chi connectivity index (χ1v) is 28.4. The van der Waals surface area contributed by atoms with Crippen molar-refractivity contribution in [3.8, 4) is 0 Å². The van der Waals surface area contributed by atoms with Crippen LogP contribution in [-0.4, -0.2) is 57.3 Å². The van der Waals surface area contributed by atoms with E-state index in [1.54, 1.807) is 0 Å². The molecular weight excluding hydrogens is 767 g/mol. The fraction of sp³-hybridized carbons (Fsp3) is 0.982. The summed E-state index contributed by atoms with van der Waals surface area (Å²) >= 11 is 0. The molecule has 5 N–H and O–H groups in total. The van der Waals surface area contributed by atoms with Gasteiger partial charge in [-0.1, -0.05) is 309 Å². The summed E-state index contributed by atoms with van der Waals surface area (Å²) in [5.41, 5.74) is 0. The van der Waals surface area contributed by atoms with Crippen molar-refractivity contribution in [2.45, 2.75) is 346 Å². The zero-order valence-electron chi connectivity index (χ0n) is 42.2. The number of aliphatic hydroxyl groups excluding tert-OH is 4. The summed E-state index contributed by atoms with van der Waals surface area (Å²) in [7, 11) is 0. The normalized spacial score (nSPS) is 13.7. The van der Waals surface area contributed by atoms with Gasteiger partial charge >= 0.3 is 0 Å². The van der Waals surface area contributed by atoms with E-state index in [1.165, 1.54) is 257 Å². The van der Waals surface area contributed by atoms with Gasteiger partial charge in [0.15, 0.2) is 0 Å². The third-order valence-corrected chi connectivity index (χ3v) is 13.8. The van der Waals surface area contributed by atoms with Gasteiger partial charge in [0.25, 0.3) is 0 Å². The topological polar surface area (TPSA) is 110 Å². The fourth-order valence-corrected chi connectivity index (χ4v) is 9.35. The standard InChI is InChI=1S/C56H113NO5/c1-3-5-7-9-11-13-15-17-19-20-21-22-23-24-25-26-27-28-29-30-31-32-33-34-35-36-38-39-41-43-45-47-49-53(59)55(61)52(51-58)57-56(62)54(60)50-48-46-44-42-40-37-18-16-14-12-10-8-6-4-2/h52-55,58-61H,3-51H2,1-2H3,(H,57,62). The lowest BCUT2D eigenvalue weighted by molar-refractivity contribution is -0.132. The van der Waals surface area contributed by atoms with E-state index in [2.05, 4.69) is 19.2 Å². The molecule has 6 heteroatoms. The fourth-order valence-electron chi connectivity index (χ4n) is 9.35. The van der Waals surface area contributed by atoms with Gasteiger partial charge in [-0.15, -0.1) is 0 Å². The van der Waals surface area contributed by atoms with E-state index in [-0.39, 0.29) is 0 Å². The lowest BCUT2D eigenvalue weighted by Gasteiger charge is -2.27. The first-order chi connectivity index (χ1) is 30.5. The molecule has 0 aliphatic carbocycles. The molecule has 0 bridgehead atoms. The van der Waals surface area contributed by atoms with Gasteiger partial charge in [-0.2, -0.15) is 0 Å². The molecule has 0 saturated carbocycles. The number of nitrogens with one attached hydrogen (secondary N) is 1. The molecule has 0 aliphatic rings. The van der Waals surface area contributed by atoms with E-state index in [0.29, 0.717) is 12.8 Å². The quantitative estimate of drug-likeness (QED) is 0.0391. The van der Waals surface area contributed by atoms with Crippen molar-refractivity contribution in [3.05, 3.63) is 0 Å². The zero-order chi connectivity index (χ0) is 45.2. The van der Waals surface area contributed by atoms with Crippen LogP contribution in [0.15, 0.2) is 0 Å². The lowest BCUT2D eigenvalue weighted by atomic mass is 9.99. The van der Waals surface area contributed by atoms with E-state index in [4.69, 9.17) is 0 Å².